The summed E-state index contributed by atoms with van der Waals surface area (Å²) in [7, 11) is 1.60. The van der Waals surface area contributed by atoms with Crippen molar-refractivity contribution in [3.05, 3.63) is 50.6 Å². The van der Waals surface area contributed by atoms with Crippen LogP contribution in [0, 0.1) is 10.1 Å². The van der Waals surface area contributed by atoms with E-state index in [4.69, 9.17) is 5.11 Å². The molecule has 0 bridgehead atoms. The van der Waals surface area contributed by atoms with Crippen molar-refractivity contribution in [1.82, 2.24) is 4.57 Å². The van der Waals surface area contributed by atoms with Crippen LogP contribution in [-0.4, -0.2) is 20.6 Å². The van der Waals surface area contributed by atoms with Gasteiger partial charge in [-0.1, -0.05) is 15.9 Å². The number of rotatable bonds is 3. The van der Waals surface area contributed by atoms with Crippen LogP contribution in [0.4, 0.5) is 5.69 Å². The number of carbonyl (C=O) groups is 1. The topological polar surface area (TPSA) is 85.4 Å². The molecule has 1 aromatic heterocycles. The third kappa shape index (κ3) is 2.37. The first-order valence-corrected chi connectivity index (χ1v) is 6.04. The molecule has 7 heteroatoms. The van der Waals surface area contributed by atoms with E-state index in [2.05, 4.69) is 15.9 Å². The van der Waals surface area contributed by atoms with Crippen LogP contribution in [0.3, 0.4) is 0 Å². The average Bonchev–Trinajstić information content (AvgIpc) is 2.71. The van der Waals surface area contributed by atoms with E-state index in [1.807, 2.05) is 0 Å². The molecule has 0 saturated heterocycles. The van der Waals surface area contributed by atoms with Crippen LogP contribution in [0.5, 0.6) is 0 Å². The predicted octanol–water partition coefficient (Wildman–Crippen LogP) is 3.06. The van der Waals surface area contributed by atoms with E-state index in [0.29, 0.717) is 15.7 Å². The summed E-state index contributed by atoms with van der Waals surface area (Å²) in [5, 5.41) is 19.8. The van der Waals surface area contributed by atoms with E-state index in [1.165, 1.54) is 22.8 Å². The molecule has 1 aromatic carbocycles. The number of nitrogens with zero attached hydrogens (tertiary/aromatic N) is 2. The molecule has 6 nitrogen and oxygen atoms in total. The van der Waals surface area contributed by atoms with Crippen LogP contribution >= 0.6 is 15.9 Å². The number of halogens is 1. The zero-order valence-corrected chi connectivity index (χ0v) is 11.4. The zero-order valence-electron chi connectivity index (χ0n) is 9.83. The van der Waals surface area contributed by atoms with Crippen LogP contribution in [-0.2, 0) is 7.05 Å². The van der Waals surface area contributed by atoms with Crippen molar-refractivity contribution in [2.24, 2.45) is 7.05 Å². The number of nitro groups is 1. The van der Waals surface area contributed by atoms with Crippen molar-refractivity contribution in [3.8, 4) is 11.3 Å². The minimum absolute atomic E-state index is 0.0451. The van der Waals surface area contributed by atoms with Crippen LogP contribution in [0.2, 0.25) is 0 Å². The fraction of sp³-hybridized carbons (Fsp3) is 0.0833. The monoisotopic (exact) mass is 324 g/mol. The van der Waals surface area contributed by atoms with Gasteiger partial charge in [0, 0.05) is 34.9 Å². The molecule has 0 amide bonds. The first kappa shape index (κ1) is 13.3. The zero-order chi connectivity index (χ0) is 14.2. The lowest BCUT2D eigenvalue weighted by Crippen LogP contribution is -2.05. The minimum atomic E-state index is -1.05. The summed E-state index contributed by atoms with van der Waals surface area (Å²) in [6.07, 6.45) is 0. The summed E-state index contributed by atoms with van der Waals surface area (Å²) >= 11 is 3.31. The van der Waals surface area contributed by atoms with Crippen LogP contribution in [0.25, 0.3) is 11.3 Å². The standard InChI is InChI=1S/C12H9BrN2O4/c1-14-10(4-5-11(14)12(16)17)8-6-7(15(18)19)2-3-9(8)13/h2-6H,1H3,(H,16,17). The Morgan fingerprint density at radius 1 is 1.37 bits per heavy atom. The van der Waals surface area contributed by atoms with E-state index < -0.39 is 10.9 Å². The average molecular weight is 325 g/mol. The molecule has 2 rings (SSSR count). The molecule has 1 N–H and O–H groups in total. The third-order valence-corrected chi connectivity index (χ3v) is 3.47. The highest BCUT2D eigenvalue weighted by atomic mass is 79.9. The normalized spacial score (nSPS) is 10.4. The number of hydrogen-bond acceptors (Lipinski definition) is 3. The number of aromatic nitrogens is 1. The highest BCUT2D eigenvalue weighted by Gasteiger charge is 2.16. The Kier molecular flexibility index (Phi) is 3.39. The molecular formula is C12H9BrN2O4. The Labute approximate surface area is 116 Å². The number of non-ortho nitro benzene ring substituents is 1. The molecule has 0 aliphatic heterocycles. The van der Waals surface area contributed by atoms with E-state index in [-0.39, 0.29) is 11.4 Å². The number of carboxylic acids is 1. The summed E-state index contributed by atoms with van der Waals surface area (Å²) in [6, 6.07) is 7.44. The van der Waals surface area contributed by atoms with Gasteiger partial charge in [0.1, 0.15) is 5.69 Å². The molecular weight excluding hydrogens is 316 g/mol. The number of hydrogen-bond donors (Lipinski definition) is 1. The lowest BCUT2D eigenvalue weighted by atomic mass is 10.1. The number of nitro benzene ring substituents is 1. The Morgan fingerprint density at radius 3 is 2.58 bits per heavy atom. The van der Waals surface area contributed by atoms with Crippen molar-refractivity contribution >= 4 is 27.6 Å². The molecule has 2 aromatic rings. The summed E-state index contributed by atoms with van der Waals surface area (Å²) in [5.74, 6) is -1.05. The van der Waals surface area contributed by atoms with Crippen molar-refractivity contribution in [2.75, 3.05) is 0 Å². The summed E-state index contributed by atoms with van der Waals surface area (Å²) in [5.41, 5.74) is 1.24. The first-order chi connectivity index (χ1) is 8.91. The second-order valence-corrected chi connectivity index (χ2v) is 4.74. The van der Waals surface area contributed by atoms with Crippen molar-refractivity contribution in [3.63, 3.8) is 0 Å². The van der Waals surface area contributed by atoms with Gasteiger partial charge in [-0.2, -0.15) is 0 Å². The molecule has 0 radical (unpaired) electrons. The van der Waals surface area contributed by atoms with E-state index >= 15 is 0 Å². The van der Waals surface area contributed by atoms with Gasteiger partial charge in [0.25, 0.3) is 5.69 Å². The minimum Gasteiger partial charge on any atom is -0.477 e. The number of carboxylic acid groups (broad SMARTS) is 1. The van der Waals surface area contributed by atoms with Gasteiger partial charge in [-0.05, 0) is 18.2 Å². The third-order valence-electron chi connectivity index (χ3n) is 2.78. The highest BCUT2D eigenvalue weighted by Crippen LogP contribution is 2.32. The Balaban J connectivity index is 2.61. The van der Waals surface area contributed by atoms with Crippen molar-refractivity contribution < 1.29 is 14.8 Å². The van der Waals surface area contributed by atoms with Gasteiger partial charge in [0.2, 0.25) is 0 Å². The second-order valence-electron chi connectivity index (χ2n) is 3.89. The predicted molar refractivity (Wildman–Crippen MR) is 72.2 cm³/mol. The molecule has 0 fully saturated rings. The van der Waals surface area contributed by atoms with Crippen molar-refractivity contribution in [1.29, 1.82) is 0 Å². The van der Waals surface area contributed by atoms with Crippen LogP contribution in [0.15, 0.2) is 34.8 Å². The smallest absolute Gasteiger partial charge is 0.352 e. The van der Waals surface area contributed by atoms with Crippen LogP contribution < -0.4 is 0 Å². The van der Waals surface area contributed by atoms with Gasteiger partial charge in [0.05, 0.1) is 4.92 Å². The Morgan fingerprint density at radius 2 is 2.05 bits per heavy atom. The molecule has 0 unspecified atom stereocenters. The molecule has 98 valence electrons. The second kappa shape index (κ2) is 4.85. The number of benzene rings is 1. The Bertz CT molecular complexity index is 678. The number of aromatic carboxylic acids is 1. The quantitative estimate of drug-likeness (QED) is 0.694. The van der Waals surface area contributed by atoms with Gasteiger partial charge in [-0.15, -0.1) is 0 Å². The molecule has 0 atom stereocenters. The largest absolute Gasteiger partial charge is 0.477 e. The van der Waals surface area contributed by atoms with Gasteiger partial charge in [0.15, 0.2) is 0 Å². The van der Waals surface area contributed by atoms with E-state index in [0.717, 1.165) is 0 Å². The Hall–Kier alpha value is -2.15. The maximum Gasteiger partial charge on any atom is 0.352 e. The lowest BCUT2D eigenvalue weighted by molar-refractivity contribution is -0.384. The molecule has 0 aliphatic rings. The fourth-order valence-electron chi connectivity index (χ4n) is 1.82. The lowest BCUT2D eigenvalue weighted by Gasteiger charge is -2.07. The molecule has 0 saturated carbocycles. The summed E-state index contributed by atoms with van der Waals surface area (Å²) < 4.78 is 2.14. The van der Waals surface area contributed by atoms with Crippen LogP contribution in [0.1, 0.15) is 10.5 Å². The van der Waals surface area contributed by atoms with Gasteiger partial charge >= 0.3 is 5.97 Å². The summed E-state index contributed by atoms with van der Waals surface area (Å²) in [6.45, 7) is 0. The molecule has 0 aliphatic carbocycles. The highest BCUT2D eigenvalue weighted by molar-refractivity contribution is 9.10. The van der Waals surface area contributed by atoms with E-state index in [1.54, 1.807) is 19.2 Å². The molecule has 19 heavy (non-hydrogen) atoms. The SMILES string of the molecule is Cn1c(C(=O)O)ccc1-c1cc([N+](=O)[O-])ccc1Br. The fourth-order valence-corrected chi connectivity index (χ4v) is 2.27. The maximum atomic E-state index is 11.0. The first-order valence-electron chi connectivity index (χ1n) is 5.25. The molecule has 0 spiro atoms. The molecule has 1 heterocycles. The van der Waals surface area contributed by atoms with Crippen molar-refractivity contribution in [2.45, 2.75) is 0 Å². The summed E-state index contributed by atoms with van der Waals surface area (Å²) in [4.78, 5) is 21.3. The maximum absolute atomic E-state index is 11.0. The van der Waals surface area contributed by atoms with Gasteiger partial charge < -0.3 is 9.67 Å². The van der Waals surface area contributed by atoms with Gasteiger partial charge in [-0.25, -0.2) is 4.79 Å². The van der Waals surface area contributed by atoms with Gasteiger partial charge in [-0.3, -0.25) is 10.1 Å². The van der Waals surface area contributed by atoms with E-state index in [9.17, 15) is 14.9 Å².